The molecule has 0 radical (unpaired) electrons. The first-order valence-electron chi connectivity index (χ1n) is 16.6. The molecule has 0 aliphatic carbocycles. The van der Waals surface area contributed by atoms with Crippen LogP contribution in [0.15, 0.2) is 0 Å². The van der Waals surface area contributed by atoms with Crippen LogP contribution < -0.4 is 0 Å². The van der Waals surface area contributed by atoms with Crippen molar-refractivity contribution in [3.05, 3.63) is 0 Å². The highest BCUT2D eigenvalue weighted by Gasteiger charge is 2.54. The maximum atomic E-state index is 2.79. The van der Waals surface area contributed by atoms with Gasteiger partial charge in [-0.3, -0.25) is 14.7 Å². The third-order valence-electron chi connectivity index (χ3n) is 10.7. The van der Waals surface area contributed by atoms with Crippen molar-refractivity contribution in [2.24, 2.45) is 11.8 Å². The number of hydrogen-bond donors (Lipinski definition) is 0. The van der Waals surface area contributed by atoms with E-state index in [9.17, 15) is 0 Å². The van der Waals surface area contributed by atoms with E-state index >= 15 is 0 Å². The molecule has 0 aromatic carbocycles. The first kappa shape index (κ1) is 30.7. The van der Waals surface area contributed by atoms with E-state index in [0.717, 1.165) is 48.1 Å². The topological polar surface area (TPSA) is 19.2 Å². The molecule has 5 aliphatic rings. The molecule has 5 aliphatic heterocycles. The van der Waals surface area contributed by atoms with Gasteiger partial charge in [0.05, 0.1) is 0 Å². The highest BCUT2D eigenvalue weighted by Crippen LogP contribution is 2.38. The van der Waals surface area contributed by atoms with Crippen LogP contribution in [0.3, 0.4) is 0 Å². The first-order chi connectivity index (χ1) is 18.1. The van der Waals surface area contributed by atoms with E-state index in [1.165, 1.54) is 104 Å². The van der Waals surface area contributed by atoms with Crippen molar-refractivity contribution in [3.8, 4) is 0 Å². The van der Waals surface area contributed by atoms with Gasteiger partial charge in [0, 0.05) is 88.6 Å². The summed E-state index contributed by atoms with van der Waals surface area (Å²) in [6, 6.07) is 4.74. The zero-order valence-corrected chi connectivity index (χ0v) is 26.6. The second-order valence-electron chi connectivity index (χ2n) is 14.5. The Morgan fingerprint density at radius 1 is 0.447 bits per heavy atom. The van der Waals surface area contributed by atoms with E-state index < -0.39 is 0 Å². The van der Waals surface area contributed by atoms with E-state index in [4.69, 9.17) is 0 Å². The smallest absolute Gasteiger partial charge is 0.0395 e. The van der Waals surface area contributed by atoms with Crippen molar-refractivity contribution < 1.29 is 0 Å². The molecule has 0 N–H and O–H groups in total. The van der Waals surface area contributed by atoms with Crippen molar-refractivity contribution >= 4 is 0 Å². The molecule has 6 nitrogen and oxygen atoms in total. The van der Waals surface area contributed by atoms with Crippen LogP contribution in [0.1, 0.15) is 81.1 Å². The number of nitrogens with zero attached hydrogens (tertiary/aromatic N) is 6. The Morgan fingerprint density at radius 3 is 1.21 bits per heavy atom. The summed E-state index contributed by atoms with van der Waals surface area (Å²) in [5, 5.41) is 0. The molecule has 5 heterocycles. The Kier molecular flexibility index (Phi) is 11.4. The van der Waals surface area contributed by atoms with E-state index in [1.807, 2.05) is 0 Å². The van der Waals surface area contributed by atoms with E-state index in [1.54, 1.807) is 0 Å². The number of fused-ring (bicyclic) bond motifs is 1. The predicted molar refractivity (Wildman–Crippen MR) is 163 cm³/mol. The third kappa shape index (κ3) is 8.39. The van der Waals surface area contributed by atoms with Crippen LogP contribution in [-0.2, 0) is 0 Å². The van der Waals surface area contributed by atoms with Gasteiger partial charge < -0.3 is 14.7 Å². The van der Waals surface area contributed by atoms with Crippen LogP contribution >= 0.6 is 0 Å². The molecule has 6 heteroatoms. The molecule has 0 bridgehead atoms. The molecule has 0 spiro atoms. The van der Waals surface area contributed by atoms with Crippen LogP contribution in [0.4, 0.5) is 0 Å². The lowest BCUT2D eigenvalue weighted by atomic mass is 9.95. The van der Waals surface area contributed by atoms with Crippen LogP contribution in [0.25, 0.3) is 0 Å². The zero-order chi connectivity index (χ0) is 27.4. The molecular weight excluding hydrogens is 468 g/mol. The van der Waals surface area contributed by atoms with Gasteiger partial charge in [-0.25, -0.2) is 0 Å². The van der Waals surface area contributed by atoms with E-state index in [0.29, 0.717) is 0 Å². The molecule has 5 saturated heterocycles. The molecule has 0 amide bonds. The Morgan fingerprint density at radius 2 is 0.816 bits per heavy atom. The molecule has 0 saturated carbocycles. The minimum atomic E-state index is 0.719. The van der Waals surface area contributed by atoms with Crippen LogP contribution in [0.5, 0.6) is 0 Å². The summed E-state index contributed by atoms with van der Waals surface area (Å²) in [4.78, 5) is 16.0. The second kappa shape index (κ2) is 14.1. The lowest BCUT2D eigenvalue weighted by molar-refractivity contribution is 0.0758. The van der Waals surface area contributed by atoms with Gasteiger partial charge in [0.2, 0.25) is 0 Å². The molecule has 0 aromatic heterocycles. The minimum Gasteiger partial charge on any atom is -0.301 e. The fourth-order valence-electron chi connectivity index (χ4n) is 7.52. The summed E-state index contributed by atoms with van der Waals surface area (Å²) < 4.78 is 0. The summed E-state index contributed by atoms with van der Waals surface area (Å²) in [6.45, 7) is 34.3. The Hall–Kier alpha value is -0.240. The normalized spacial score (nSPS) is 31.4. The van der Waals surface area contributed by atoms with E-state index in [-0.39, 0.29) is 0 Å². The van der Waals surface area contributed by atoms with Crippen molar-refractivity contribution in [2.75, 3.05) is 78.5 Å². The summed E-state index contributed by atoms with van der Waals surface area (Å²) >= 11 is 0. The summed E-state index contributed by atoms with van der Waals surface area (Å²) in [7, 11) is 0. The van der Waals surface area contributed by atoms with Gasteiger partial charge in [-0.15, -0.1) is 0 Å². The Bertz CT molecular complexity index is 586. The monoisotopic (exact) mass is 533 g/mol. The average molecular weight is 533 g/mol. The molecule has 0 aromatic rings. The number of piperidine rings is 2. The van der Waals surface area contributed by atoms with Crippen molar-refractivity contribution in [1.82, 2.24) is 29.4 Å². The largest absolute Gasteiger partial charge is 0.301 e. The quantitative estimate of drug-likeness (QED) is 0.437. The lowest BCUT2D eigenvalue weighted by Gasteiger charge is -2.40. The number of likely N-dealkylation sites (tertiary alicyclic amines) is 3. The van der Waals surface area contributed by atoms with Crippen LogP contribution in [0, 0.1) is 11.8 Å². The lowest BCUT2D eigenvalue weighted by Crippen LogP contribution is -2.50. The minimum absolute atomic E-state index is 0.719. The maximum absolute atomic E-state index is 2.79. The third-order valence-corrected chi connectivity index (χ3v) is 10.7. The van der Waals surface area contributed by atoms with Gasteiger partial charge in [0.1, 0.15) is 0 Å². The Balaban J connectivity index is 0.000000177. The highest BCUT2D eigenvalue weighted by atomic mass is 15.4. The number of piperazine rings is 2. The van der Waals surface area contributed by atoms with Crippen molar-refractivity contribution in [2.45, 2.75) is 117 Å². The molecule has 38 heavy (non-hydrogen) atoms. The van der Waals surface area contributed by atoms with Gasteiger partial charge in [0.25, 0.3) is 0 Å². The van der Waals surface area contributed by atoms with Gasteiger partial charge in [0.15, 0.2) is 0 Å². The fraction of sp³-hybridized carbons (Fsp3) is 1.00. The van der Waals surface area contributed by atoms with Gasteiger partial charge in [-0.1, -0.05) is 0 Å². The van der Waals surface area contributed by atoms with Crippen molar-refractivity contribution in [3.63, 3.8) is 0 Å². The summed E-state index contributed by atoms with van der Waals surface area (Å²) in [5.74, 6) is 1.91. The van der Waals surface area contributed by atoms with Crippen LogP contribution in [-0.4, -0.2) is 144 Å². The predicted octanol–water partition coefficient (Wildman–Crippen LogP) is 4.02. The molecule has 5 rings (SSSR count). The SMILES string of the molecule is CC(C)N1CCC(CN2C3CN(C(C)C)CC32)CC1.CC(C)N1CCC(CN2CCN(C(C)C)CC2)CC1. The van der Waals surface area contributed by atoms with Gasteiger partial charge >= 0.3 is 0 Å². The molecule has 5 fully saturated rings. The fourth-order valence-corrected chi connectivity index (χ4v) is 7.52. The van der Waals surface area contributed by atoms with E-state index in [2.05, 4.69) is 84.8 Å². The van der Waals surface area contributed by atoms with Gasteiger partial charge in [-0.05, 0) is 119 Å². The molecular formula is C32H64N6. The van der Waals surface area contributed by atoms with Crippen LogP contribution in [0.2, 0.25) is 0 Å². The Labute approximate surface area is 237 Å². The summed E-state index contributed by atoms with van der Waals surface area (Å²) in [5.41, 5.74) is 0. The van der Waals surface area contributed by atoms with Crippen molar-refractivity contribution in [1.29, 1.82) is 0 Å². The molecule has 2 unspecified atom stereocenters. The standard InChI is InChI=1S/C16H31N3.C16H33N3/c1-12(2)17-7-5-14(6-8-17)9-19-15-10-18(13(3)4)11-16(15)19;1-14(2)18-7-5-16(6-8-18)13-17-9-11-19(12-10-17)15(3)4/h12-16H,5-11H2,1-4H3;14-16H,5-13H2,1-4H3. The molecule has 222 valence electrons. The molecule has 2 atom stereocenters. The summed E-state index contributed by atoms with van der Waals surface area (Å²) in [6.07, 6.45) is 5.65. The van der Waals surface area contributed by atoms with Gasteiger partial charge in [-0.2, -0.15) is 0 Å². The maximum Gasteiger partial charge on any atom is 0.0395 e. The first-order valence-corrected chi connectivity index (χ1v) is 16.6. The zero-order valence-electron chi connectivity index (χ0n) is 26.6. The second-order valence-corrected chi connectivity index (χ2v) is 14.5. The number of rotatable bonds is 8. The average Bonchev–Trinajstić information content (AvgIpc) is 3.31. The number of hydrogen-bond acceptors (Lipinski definition) is 6. The highest BCUT2D eigenvalue weighted by molar-refractivity contribution is 5.11.